The van der Waals surface area contributed by atoms with Crippen molar-refractivity contribution in [2.75, 3.05) is 20.3 Å². The van der Waals surface area contributed by atoms with E-state index in [-0.39, 0.29) is 5.91 Å². The van der Waals surface area contributed by atoms with Gasteiger partial charge in [0.2, 0.25) is 0 Å². The Kier molecular flexibility index (Phi) is 6.60. The number of hydrogen-bond acceptors (Lipinski definition) is 6. The lowest BCUT2D eigenvalue weighted by atomic mass is 10.2. The van der Waals surface area contributed by atoms with Crippen molar-refractivity contribution < 1.29 is 19.0 Å². The fraction of sp³-hybridized carbons (Fsp3) is 0.158. The molecule has 0 bridgehead atoms. The molecule has 0 unspecified atom stereocenters. The van der Waals surface area contributed by atoms with Crippen molar-refractivity contribution in [2.24, 2.45) is 0 Å². The minimum Gasteiger partial charge on any atom is -0.497 e. The molecule has 0 saturated carbocycles. The van der Waals surface area contributed by atoms with Gasteiger partial charge in [0, 0.05) is 16.7 Å². The maximum atomic E-state index is 11.9. The molecule has 0 spiro atoms. The summed E-state index contributed by atoms with van der Waals surface area (Å²) in [5.41, 5.74) is 0.700. The third-order valence-corrected chi connectivity index (χ3v) is 4.95. The van der Waals surface area contributed by atoms with Crippen LogP contribution in [0.3, 0.4) is 0 Å². The molecule has 8 heteroatoms. The van der Waals surface area contributed by atoms with E-state index in [0.717, 1.165) is 5.75 Å². The minimum atomic E-state index is -0.225. The van der Waals surface area contributed by atoms with Crippen molar-refractivity contribution >= 4 is 51.9 Å². The van der Waals surface area contributed by atoms with Gasteiger partial charge in [0.15, 0.2) is 0 Å². The Morgan fingerprint density at radius 3 is 2.67 bits per heavy atom. The summed E-state index contributed by atoms with van der Waals surface area (Å²) in [5, 5.41) is 3.13. The largest absolute Gasteiger partial charge is 0.497 e. The second-order valence-electron chi connectivity index (χ2n) is 5.41. The van der Waals surface area contributed by atoms with Crippen LogP contribution in [0, 0.1) is 0 Å². The summed E-state index contributed by atoms with van der Waals surface area (Å²) < 4.78 is 17.1. The predicted octanol–water partition coefficient (Wildman–Crippen LogP) is 4.30. The van der Waals surface area contributed by atoms with Gasteiger partial charge in [-0.2, -0.15) is 0 Å². The molecule has 1 heterocycles. The van der Waals surface area contributed by atoms with Gasteiger partial charge in [-0.25, -0.2) is 0 Å². The van der Waals surface area contributed by atoms with Gasteiger partial charge < -0.3 is 19.5 Å². The standard InChI is InChI=1S/C19H16ClNO4S2/c1-23-14-3-2-4-15(11-14)24-7-8-25-16-6-5-13(20)9-12(16)10-17-18(22)21-19(26)27-17/h2-6,9-11H,7-8H2,1H3,(H,21,22,26)/b17-10-. The number of amides is 1. The number of halogens is 1. The molecule has 27 heavy (non-hydrogen) atoms. The zero-order chi connectivity index (χ0) is 19.2. The van der Waals surface area contributed by atoms with Gasteiger partial charge in [-0.3, -0.25) is 4.79 Å². The Labute approximate surface area is 171 Å². The van der Waals surface area contributed by atoms with Crippen LogP contribution in [0.2, 0.25) is 5.02 Å². The lowest BCUT2D eigenvalue weighted by molar-refractivity contribution is -0.115. The Balaban J connectivity index is 1.64. The normalized spacial score (nSPS) is 15.0. The van der Waals surface area contributed by atoms with Crippen LogP contribution in [0.5, 0.6) is 17.2 Å². The first kappa shape index (κ1) is 19.5. The number of rotatable bonds is 7. The highest BCUT2D eigenvalue weighted by atomic mass is 35.5. The molecule has 1 fully saturated rings. The summed E-state index contributed by atoms with van der Waals surface area (Å²) >= 11 is 12.3. The summed E-state index contributed by atoms with van der Waals surface area (Å²) in [6.45, 7) is 0.678. The minimum absolute atomic E-state index is 0.225. The quantitative estimate of drug-likeness (QED) is 0.408. The highest BCUT2D eigenvalue weighted by molar-refractivity contribution is 8.26. The summed E-state index contributed by atoms with van der Waals surface area (Å²) in [5.74, 6) is 1.80. The van der Waals surface area contributed by atoms with Crippen molar-refractivity contribution in [1.29, 1.82) is 0 Å². The number of hydrogen-bond donors (Lipinski definition) is 1. The van der Waals surface area contributed by atoms with Gasteiger partial charge in [0.1, 0.15) is 34.8 Å². The Morgan fingerprint density at radius 2 is 1.93 bits per heavy atom. The number of benzene rings is 2. The van der Waals surface area contributed by atoms with E-state index in [0.29, 0.717) is 44.5 Å². The van der Waals surface area contributed by atoms with Crippen molar-refractivity contribution in [2.45, 2.75) is 0 Å². The van der Waals surface area contributed by atoms with Gasteiger partial charge in [0.05, 0.1) is 12.0 Å². The number of ether oxygens (including phenoxy) is 3. The highest BCUT2D eigenvalue weighted by Gasteiger charge is 2.22. The van der Waals surface area contributed by atoms with Crippen molar-refractivity contribution in [1.82, 2.24) is 5.32 Å². The fourth-order valence-corrected chi connectivity index (χ4v) is 3.54. The fourth-order valence-electron chi connectivity index (χ4n) is 2.33. The topological polar surface area (TPSA) is 56.8 Å². The Bertz CT molecular complexity index is 901. The van der Waals surface area contributed by atoms with E-state index in [1.807, 2.05) is 18.2 Å². The molecule has 0 atom stereocenters. The summed E-state index contributed by atoms with van der Waals surface area (Å²) in [6, 6.07) is 12.6. The van der Waals surface area contributed by atoms with Crippen LogP contribution in [0.1, 0.15) is 5.56 Å². The molecular formula is C19H16ClNO4S2. The molecule has 3 rings (SSSR count). The average molecular weight is 422 g/mol. The zero-order valence-electron chi connectivity index (χ0n) is 14.4. The van der Waals surface area contributed by atoms with Crippen LogP contribution in [0.4, 0.5) is 0 Å². The van der Waals surface area contributed by atoms with Gasteiger partial charge in [-0.05, 0) is 36.4 Å². The van der Waals surface area contributed by atoms with Crippen molar-refractivity contribution in [3.8, 4) is 17.2 Å². The van der Waals surface area contributed by atoms with Crippen LogP contribution >= 0.6 is 35.6 Å². The molecule has 1 saturated heterocycles. The van der Waals surface area contributed by atoms with E-state index in [2.05, 4.69) is 5.32 Å². The summed E-state index contributed by atoms with van der Waals surface area (Å²) in [4.78, 5) is 12.4. The Morgan fingerprint density at radius 1 is 1.15 bits per heavy atom. The molecule has 5 nitrogen and oxygen atoms in total. The Hall–Kier alpha value is -2.22. The first-order chi connectivity index (χ1) is 13.0. The molecule has 1 aliphatic heterocycles. The van der Waals surface area contributed by atoms with Crippen molar-refractivity contribution in [3.05, 3.63) is 58.0 Å². The second-order valence-corrected chi connectivity index (χ2v) is 7.57. The predicted molar refractivity (Wildman–Crippen MR) is 112 cm³/mol. The molecule has 0 radical (unpaired) electrons. The van der Waals surface area contributed by atoms with Crippen LogP contribution in [0.15, 0.2) is 47.4 Å². The van der Waals surface area contributed by atoms with E-state index in [1.54, 1.807) is 37.5 Å². The van der Waals surface area contributed by atoms with E-state index in [9.17, 15) is 4.79 Å². The van der Waals surface area contributed by atoms with Gasteiger partial charge in [-0.1, -0.05) is 41.6 Å². The number of thioether (sulfide) groups is 1. The van der Waals surface area contributed by atoms with Crippen LogP contribution in [0.25, 0.3) is 6.08 Å². The average Bonchev–Trinajstić information content (AvgIpc) is 2.97. The molecule has 1 N–H and O–H groups in total. The third-order valence-electron chi connectivity index (χ3n) is 3.55. The van der Waals surface area contributed by atoms with Crippen LogP contribution in [-0.4, -0.2) is 30.6 Å². The zero-order valence-corrected chi connectivity index (χ0v) is 16.7. The molecule has 2 aromatic carbocycles. The SMILES string of the molecule is COc1cccc(OCCOc2ccc(Cl)cc2/C=C2\SC(=S)NC2=O)c1. The van der Waals surface area contributed by atoms with Crippen LogP contribution < -0.4 is 19.5 Å². The first-order valence-electron chi connectivity index (χ1n) is 7.99. The second kappa shape index (κ2) is 9.12. The molecule has 1 aliphatic rings. The number of carbonyl (C=O) groups is 1. The molecule has 2 aromatic rings. The lowest BCUT2D eigenvalue weighted by Crippen LogP contribution is -2.17. The molecular weight excluding hydrogens is 406 g/mol. The molecule has 0 aromatic heterocycles. The maximum Gasteiger partial charge on any atom is 0.263 e. The van der Waals surface area contributed by atoms with Gasteiger partial charge in [0.25, 0.3) is 5.91 Å². The van der Waals surface area contributed by atoms with E-state index >= 15 is 0 Å². The number of thiocarbonyl (C=S) groups is 1. The first-order valence-corrected chi connectivity index (χ1v) is 9.59. The number of carbonyl (C=O) groups excluding carboxylic acids is 1. The number of nitrogens with one attached hydrogen (secondary N) is 1. The van der Waals surface area contributed by atoms with E-state index in [4.69, 9.17) is 38.0 Å². The number of methoxy groups -OCH3 is 1. The van der Waals surface area contributed by atoms with Crippen LogP contribution in [-0.2, 0) is 4.79 Å². The smallest absolute Gasteiger partial charge is 0.263 e. The maximum absolute atomic E-state index is 11.9. The van der Waals surface area contributed by atoms with Gasteiger partial charge in [-0.15, -0.1) is 0 Å². The third kappa shape index (κ3) is 5.38. The highest BCUT2D eigenvalue weighted by Crippen LogP contribution is 2.31. The van der Waals surface area contributed by atoms with Gasteiger partial charge >= 0.3 is 0 Å². The van der Waals surface area contributed by atoms with E-state index in [1.165, 1.54) is 11.8 Å². The molecule has 1 amide bonds. The molecule has 0 aliphatic carbocycles. The molecule has 140 valence electrons. The lowest BCUT2D eigenvalue weighted by Gasteiger charge is -2.11. The summed E-state index contributed by atoms with van der Waals surface area (Å²) in [7, 11) is 1.61. The monoisotopic (exact) mass is 421 g/mol. The van der Waals surface area contributed by atoms with Crippen molar-refractivity contribution in [3.63, 3.8) is 0 Å². The summed E-state index contributed by atoms with van der Waals surface area (Å²) in [6.07, 6.45) is 1.71. The van der Waals surface area contributed by atoms with E-state index < -0.39 is 0 Å².